The number of nitrogens with zero attached hydrogens (tertiary/aromatic N) is 2. The van der Waals surface area contributed by atoms with E-state index >= 15 is 0 Å². The zero-order valence-corrected chi connectivity index (χ0v) is 14.1. The Balaban J connectivity index is 1.58. The molecule has 0 aliphatic rings. The summed E-state index contributed by atoms with van der Waals surface area (Å²) in [7, 11) is 0. The van der Waals surface area contributed by atoms with Gasteiger partial charge in [0.05, 0.1) is 16.7 Å². The summed E-state index contributed by atoms with van der Waals surface area (Å²) in [6.45, 7) is -0.180. The van der Waals surface area contributed by atoms with E-state index in [2.05, 4.69) is 10.5 Å². The number of nitro benzene ring substituents is 1. The number of hydrogen-bond acceptors (Lipinski definition) is 6. The maximum Gasteiger partial charge on any atom is 0.280 e. The Labute approximate surface area is 154 Å². The van der Waals surface area contributed by atoms with Crippen LogP contribution in [0.1, 0.15) is 5.76 Å². The number of carbonyl (C=O) groups excluding carboxylic acids is 1. The predicted octanol–water partition coefficient (Wildman–Crippen LogP) is 3.38. The number of nitro groups is 1. The average molecular weight is 365 g/mol. The fourth-order valence-corrected chi connectivity index (χ4v) is 2.27. The van der Waals surface area contributed by atoms with Gasteiger partial charge < -0.3 is 9.15 Å². The Bertz CT molecular complexity index is 966. The van der Waals surface area contributed by atoms with E-state index in [1.54, 1.807) is 54.6 Å². The van der Waals surface area contributed by atoms with Crippen molar-refractivity contribution in [1.29, 1.82) is 0 Å². The average Bonchev–Trinajstić information content (AvgIpc) is 3.16. The summed E-state index contributed by atoms with van der Waals surface area (Å²) >= 11 is 0. The van der Waals surface area contributed by atoms with Gasteiger partial charge in [-0.15, -0.1) is 0 Å². The summed E-state index contributed by atoms with van der Waals surface area (Å²) in [5.41, 5.74) is 2.63. The second-order valence-electron chi connectivity index (χ2n) is 5.37. The summed E-state index contributed by atoms with van der Waals surface area (Å²) in [4.78, 5) is 22.3. The largest absolute Gasteiger partial charge is 0.484 e. The van der Waals surface area contributed by atoms with Crippen molar-refractivity contribution < 1.29 is 18.9 Å². The molecule has 3 rings (SSSR count). The van der Waals surface area contributed by atoms with Crippen molar-refractivity contribution in [3.8, 4) is 17.1 Å². The molecule has 2 aromatic carbocycles. The van der Waals surface area contributed by atoms with Gasteiger partial charge >= 0.3 is 0 Å². The van der Waals surface area contributed by atoms with Crippen LogP contribution in [0.4, 0.5) is 5.69 Å². The Morgan fingerprint density at radius 2 is 1.85 bits per heavy atom. The maximum atomic E-state index is 11.7. The minimum absolute atomic E-state index is 0.0540. The lowest BCUT2D eigenvalue weighted by Gasteiger charge is -2.03. The standard InChI is InChI=1S/C19H15N3O5/c23-19(13-26-14-6-2-1-3-7-14)21-20-12-15-10-11-18(27-15)16-8-4-5-9-17(16)22(24)25/h1-12H,13H2,(H,21,23). The highest BCUT2D eigenvalue weighted by Gasteiger charge is 2.16. The Hall–Kier alpha value is -3.94. The number of ether oxygens (including phenoxy) is 1. The van der Waals surface area contributed by atoms with Gasteiger partial charge in [0.2, 0.25) is 0 Å². The quantitative estimate of drug-likeness (QED) is 0.392. The van der Waals surface area contributed by atoms with E-state index in [0.717, 1.165) is 0 Å². The molecule has 1 heterocycles. The molecule has 1 aromatic heterocycles. The molecule has 0 atom stereocenters. The third-order valence-corrected chi connectivity index (χ3v) is 3.49. The molecular formula is C19H15N3O5. The lowest BCUT2D eigenvalue weighted by Crippen LogP contribution is -2.24. The third kappa shape index (κ3) is 4.79. The van der Waals surface area contributed by atoms with E-state index in [4.69, 9.17) is 9.15 Å². The summed E-state index contributed by atoms with van der Waals surface area (Å²) < 4.78 is 10.8. The molecule has 8 heteroatoms. The Morgan fingerprint density at radius 3 is 2.63 bits per heavy atom. The summed E-state index contributed by atoms with van der Waals surface area (Å²) in [6.07, 6.45) is 1.30. The van der Waals surface area contributed by atoms with Crippen LogP contribution in [0.25, 0.3) is 11.3 Å². The van der Waals surface area contributed by atoms with Crippen LogP contribution >= 0.6 is 0 Å². The van der Waals surface area contributed by atoms with Gasteiger partial charge in [-0.25, -0.2) is 5.43 Å². The van der Waals surface area contributed by atoms with Gasteiger partial charge in [0.1, 0.15) is 17.3 Å². The number of amides is 1. The summed E-state index contributed by atoms with van der Waals surface area (Å²) in [6, 6.07) is 18.4. The Kier molecular flexibility index (Phi) is 5.58. The molecule has 8 nitrogen and oxygen atoms in total. The van der Waals surface area contributed by atoms with Crippen molar-refractivity contribution in [2.75, 3.05) is 6.61 Å². The van der Waals surface area contributed by atoms with E-state index < -0.39 is 10.8 Å². The molecule has 27 heavy (non-hydrogen) atoms. The fourth-order valence-electron chi connectivity index (χ4n) is 2.27. The van der Waals surface area contributed by atoms with E-state index in [0.29, 0.717) is 22.8 Å². The first-order valence-electron chi connectivity index (χ1n) is 7.97. The molecule has 0 saturated heterocycles. The maximum absolute atomic E-state index is 11.7. The normalized spacial score (nSPS) is 10.7. The molecular weight excluding hydrogens is 350 g/mol. The minimum Gasteiger partial charge on any atom is -0.484 e. The van der Waals surface area contributed by atoms with Crippen molar-refractivity contribution in [3.05, 3.63) is 82.6 Å². The second-order valence-corrected chi connectivity index (χ2v) is 5.37. The SMILES string of the molecule is O=C(COc1ccccc1)NN=Cc1ccc(-c2ccccc2[N+](=O)[O-])o1. The van der Waals surface area contributed by atoms with Crippen LogP contribution in [-0.2, 0) is 4.79 Å². The monoisotopic (exact) mass is 365 g/mol. The van der Waals surface area contributed by atoms with Gasteiger partial charge in [0.15, 0.2) is 6.61 Å². The fraction of sp³-hybridized carbons (Fsp3) is 0.0526. The molecule has 0 bridgehead atoms. The van der Waals surface area contributed by atoms with Crippen molar-refractivity contribution in [3.63, 3.8) is 0 Å². The van der Waals surface area contributed by atoms with Gasteiger partial charge in [-0.05, 0) is 30.3 Å². The van der Waals surface area contributed by atoms with Crippen LogP contribution in [0.2, 0.25) is 0 Å². The number of benzene rings is 2. The van der Waals surface area contributed by atoms with Crippen molar-refractivity contribution in [2.24, 2.45) is 5.10 Å². The second kappa shape index (κ2) is 8.43. The van der Waals surface area contributed by atoms with Gasteiger partial charge in [-0.2, -0.15) is 5.10 Å². The molecule has 1 amide bonds. The van der Waals surface area contributed by atoms with Gasteiger partial charge in [-0.1, -0.05) is 30.3 Å². The first kappa shape index (κ1) is 17.9. The van der Waals surface area contributed by atoms with Gasteiger partial charge in [0, 0.05) is 6.07 Å². The molecule has 0 fully saturated rings. The molecule has 0 spiro atoms. The van der Waals surface area contributed by atoms with Crippen LogP contribution in [0.15, 0.2) is 76.2 Å². The molecule has 136 valence electrons. The number of hydrazone groups is 1. The van der Waals surface area contributed by atoms with E-state index in [1.165, 1.54) is 12.3 Å². The number of furan rings is 1. The zero-order valence-electron chi connectivity index (χ0n) is 14.1. The molecule has 0 radical (unpaired) electrons. The molecule has 0 saturated carbocycles. The first-order chi connectivity index (χ1) is 13.1. The first-order valence-corrected chi connectivity index (χ1v) is 7.97. The number of para-hydroxylation sites is 2. The van der Waals surface area contributed by atoms with Crippen LogP contribution in [0.5, 0.6) is 5.75 Å². The lowest BCUT2D eigenvalue weighted by molar-refractivity contribution is -0.384. The topological polar surface area (TPSA) is 107 Å². The van der Waals surface area contributed by atoms with Crippen molar-refractivity contribution in [1.82, 2.24) is 5.43 Å². The molecule has 0 aliphatic heterocycles. The highest BCUT2D eigenvalue weighted by molar-refractivity contribution is 5.82. The highest BCUT2D eigenvalue weighted by Crippen LogP contribution is 2.30. The molecule has 1 N–H and O–H groups in total. The van der Waals surface area contributed by atoms with E-state index in [9.17, 15) is 14.9 Å². The smallest absolute Gasteiger partial charge is 0.280 e. The molecule has 0 unspecified atom stereocenters. The van der Waals surface area contributed by atoms with Crippen LogP contribution in [-0.4, -0.2) is 23.7 Å². The summed E-state index contributed by atoms with van der Waals surface area (Å²) in [5, 5.41) is 14.9. The number of rotatable bonds is 7. The van der Waals surface area contributed by atoms with Crippen molar-refractivity contribution >= 4 is 17.8 Å². The minimum atomic E-state index is -0.474. The van der Waals surface area contributed by atoms with Gasteiger partial charge in [0.25, 0.3) is 11.6 Å². The molecule has 3 aromatic rings. The van der Waals surface area contributed by atoms with Crippen LogP contribution < -0.4 is 10.2 Å². The van der Waals surface area contributed by atoms with Crippen molar-refractivity contribution in [2.45, 2.75) is 0 Å². The predicted molar refractivity (Wildman–Crippen MR) is 98.5 cm³/mol. The van der Waals surface area contributed by atoms with E-state index in [1.807, 2.05) is 6.07 Å². The zero-order chi connectivity index (χ0) is 19.1. The van der Waals surface area contributed by atoms with Crippen LogP contribution in [0.3, 0.4) is 0 Å². The number of nitrogens with one attached hydrogen (secondary N) is 1. The summed E-state index contributed by atoms with van der Waals surface area (Å²) in [5.74, 6) is 0.826. The number of carbonyl (C=O) groups is 1. The van der Waals surface area contributed by atoms with E-state index in [-0.39, 0.29) is 12.3 Å². The molecule has 0 aliphatic carbocycles. The number of hydrogen-bond donors (Lipinski definition) is 1. The van der Waals surface area contributed by atoms with Crippen LogP contribution in [0, 0.1) is 10.1 Å². The Morgan fingerprint density at radius 1 is 1.11 bits per heavy atom. The third-order valence-electron chi connectivity index (χ3n) is 3.49. The lowest BCUT2D eigenvalue weighted by atomic mass is 10.1. The van der Waals surface area contributed by atoms with Gasteiger partial charge in [-0.3, -0.25) is 14.9 Å². The highest BCUT2D eigenvalue weighted by atomic mass is 16.6.